The summed E-state index contributed by atoms with van der Waals surface area (Å²) in [5.41, 5.74) is 2.66. The van der Waals surface area contributed by atoms with E-state index in [1.54, 1.807) is 6.07 Å². The van der Waals surface area contributed by atoms with Crippen molar-refractivity contribution in [1.82, 2.24) is 9.80 Å². The minimum Gasteiger partial charge on any atom is -0.396 e. The first-order valence-electron chi connectivity index (χ1n) is 10.1. The van der Waals surface area contributed by atoms with E-state index in [1.165, 1.54) is 0 Å². The molecule has 1 N–H and O–H groups in total. The lowest BCUT2D eigenvalue weighted by atomic mass is 9.92. The predicted molar refractivity (Wildman–Crippen MR) is 111 cm³/mol. The van der Waals surface area contributed by atoms with Gasteiger partial charge in [0.2, 0.25) is 0 Å². The van der Waals surface area contributed by atoms with E-state index in [9.17, 15) is 10.1 Å². The number of rotatable bonds is 4. The summed E-state index contributed by atoms with van der Waals surface area (Å²) in [5.74, 6) is 0.628. The number of hydrogen-bond donors (Lipinski definition) is 1. The number of nitrogens with zero attached hydrogens (tertiary/aromatic N) is 3. The van der Waals surface area contributed by atoms with Gasteiger partial charge in [0.25, 0.3) is 0 Å². The quantitative estimate of drug-likeness (QED) is 0.764. The van der Waals surface area contributed by atoms with Crippen molar-refractivity contribution in [3.05, 3.63) is 40.4 Å². The molecule has 1 aromatic carbocycles. The number of nitriles is 1. The maximum atomic E-state index is 12.8. The Morgan fingerprint density at radius 2 is 1.86 bits per heavy atom. The van der Waals surface area contributed by atoms with E-state index in [2.05, 4.69) is 6.07 Å². The Bertz CT molecular complexity index is 753. The van der Waals surface area contributed by atoms with E-state index in [0.717, 1.165) is 62.8 Å². The number of allylic oxidation sites excluding steroid dienone is 1. The fourth-order valence-corrected chi connectivity index (χ4v) is 4.39. The third-order valence-electron chi connectivity index (χ3n) is 5.87. The molecule has 1 aromatic rings. The van der Waals surface area contributed by atoms with Crippen LogP contribution in [0.2, 0.25) is 5.02 Å². The van der Waals surface area contributed by atoms with Crippen LogP contribution < -0.4 is 0 Å². The number of aliphatic hydroxyl groups is 1. The summed E-state index contributed by atoms with van der Waals surface area (Å²) < 4.78 is 0. The lowest BCUT2D eigenvalue weighted by Gasteiger charge is -2.37. The number of carbonyl (C=O) groups excluding carboxylic acids is 1. The van der Waals surface area contributed by atoms with Gasteiger partial charge in [0.05, 0.1) is 11.6 Å². The zero-order valence-corrected chi connectivity index (χ0v) is 17.0. The number of halogens is 1. The molecular formula is C22H28ClN3O2. The molecule has 0 radical (unpaired) electrons. The topological polar surface area (TPSA) is 67.6 Å². The zero-order chi connectivity index (χ0) is 19.9. The van der Waals surface area contributed by atoms with Crippen molar-refractivity contribution >= 4 is 23.2 Å². The summed E-state index contributed by atoms with van der Waals surface area (Å²) in [6.07, 6.45) is 5.42. The summed E-state index contributed by atoms with van der Waals surface area (Å²) in [4.78, 5) is 16.7. The number of piperidine rings is 2. The molecule has 2 aliphatic rings. The van der Waals surface area contributed by atoms with Crippen molar-refractivity contribution < 1.29 is 9.90 Å². The summed E-state index contributed by atoms with van der Waals surface area (Å²) >= 11 is 6.07. The summed E-state index contributed by atoms with van der Waals surface area (Å²) in [6.45, 7) is 3.18. The van der Waals surface area contributed by atoms with Gasteiger partial charge in [-0.1, -0.05) is 23.7 Å². The van der Waals surface area contributed by atoms with Crippen LogP contribution in [0.1, 0.15) is 44.1 Å². The van der Waals surface area contributed by atoms with Gasteiger partial charge in [0.15, 0.2) is 0 Å². The first-order chi connectivity index (χ1) is 13.6. The molecule has 2 aliphatic heterocycles. The molecule has 3 rings (SSSR count). The van der Waals surface area contributed by atoms with Crippen LogP contribution >= 0.6 is 11.6 Å². The molecular weight excluding hydrogens is 374 g/mol. The molecule has 150 valence electrons. The second-order valence-electron chi connectivity index (χ2n) is 7.67. The number of carbonyl (C=O) groups is 1. The molecule has 2 fully saturated rings. The van der Waals surface area contributed by atoms with Gasteiger partial charge in [-0.15, -0.1) is 0 Å². The van der Waals surface area contributed by atoms with Crippen LogP contribution in [0.15, 0.2) is 29.8 Å². The lowest BCUT2D eigenvalue weighted by molar-refractivity contribution is 0.126. The van der Waals surface area contributed by atoms with E-state index in [4.69, 9.17) is 16.7 Å². The minimum absolute atomic E-state index is 0.126. The van der Waals surface area contributed by atoms with Gasteiger partial charge in [-0.3, -0.25) is 0 Å². The van der Waals surface area contributed by atoms with E-state index >= 15 is 0 Å². The molecule has 28 heavy (non-hydrogen) atoms. The van der Waals surface area contributed by atoms with Gasteiger partial charge in [0, 0.05) is 37.8 Å². The Hall–Kier alpha value is -2.03. The average Bonchev–Trinajstić information content (AvgIpc) is 2.73. The molecule has 0 unspecified atom stereocenters. The third-order valence-corrected chi connectivity index (χ3v) is 6.11. The number of hydrogen-bond acceptors (Lipinski definition) is 3. The molecule has 0 aliphatic carbocycles. The molecule has 2 saturated heterocycles. The number of amides is 2. The molecule has 2 amide bonds. The zero-order valence-electron chi connectivity index (χ0n) is 16.2. The summed E-state index contributed by atoms with van der Waals surface area (Å²) in [6, 6.07) is 9.86. The highest BCUT2D eigenvalue weighted by Gasteiger charge is 2.28. The van der Waals surface area contributed by atoms with Gasteiger partial charge in [-0.05, 0) is 67.7 Å². The maximum absolute atomic E-state index is 12.8. The normalized spacial score (nSPS) is 18.1. The van der Waals surface area contributed by atoms with Gasteiger partial charge in [-0.25, -0.2) is 4.79 Å². The second kappa shape index (κ2) is 9.95. The van der Waals surface area contributed by atoms with E-state index < -0.39 is 0 Å². The Kier molecular flexibility index (Phi) is 7.36. The Morgan fingerprint density at radius 1 is 1.18 bits per heavy atom. The number of benzene rings is 1. The van der Waals surface area contributed by atoms with Crippen LogP contribution in [0, 0.1) is 17.2 Å². The predicted octanol–water partition coefficient (Wildman–Crippen LogP) is 4.32. The number of urea groups is 1. The molecule has 0 aromatic heterocycles. The fourth-order valence-electron chi connectivity index (χ4n) is 4.20. The van der Waals surface area contributed by atoms with Crippen molar-refractivity contribution in [1.29, 1.82) is 5.26 Å². The molecule has 6 heteroatoms. The van der Waals surface area contributed by atoms with Crippen LogP contribution in [0.3, 0.4) is 0 Å². The number of aliphatic hydroxyl groups excluding tert-OH is 1. The van der Waals surface area contributed by atoms with Crippen LogP contribution in [-0.4, -0.2) is 53.7 Å². The molecule has 0 spiro atoms. The SMILES string of the molecule is N#CC(=C1CCN(C(=O)N2CCC(CCCO)CC2)CC1)c1cccc(Cl)c1. The fraction of sp³-hybridized carbons (Fsp3) is 0.545. The first kappa shape index (κ1) is 20.7. The van der Waals surface area contributed by atoms with Crippen LogP contribution in [-0.2, 0) is 0 Å². The van der Waals surface area contributed by atoms with Gasteiger partial charge < -0.3 is 14.9 Å². The summed E-state index contributed by atoms with van der Waals surface area (Å²) in [5, 5.41) is 19.2. The highest BCUT2D eigenvalue weighted by molar-refractivity contribution is 6.30. The molecule has 5 nitrogen and oxygen atoms in total. The van der Waals surface area contributed by atoms with E-state index in [1.807, 2.05) is 28.0 Å². The highest BCUT2D eigenvalue weighted by atomic mass is 35.5. The minimum atomic E-state index is 0.126. The van der Waals surface area contributed by atoms with Crippen molar-refractivity contribution in [3.63, 3.8) is 0 Å². The maximum Gasteiger partial charge on any atom is 0.320 e. The average molecular weight is 402 g/mol. The monoisotopic (exact) mass is 401 g/mol. The molecule has 2 heterocycles. The standard InChI is InChI=1S/C22H28ClN3O2/c23-20-5-1-4-19(15-20)21(16-24)18-8-12-26(13-9-18)22(28)25-10-6-17(7-11-25)3-2-14-27/h1,4-5,15,17,27H,2-3,6-14H2. The Balaban J connectivity index is 1.56. The van der Waals surface area contributed by atoms with Crippen molar-refractivity contribution in [2.24, 2.45) is 5.92 Å². The van der Waals surface area contributed by atoms with Crippen LogP contribution in [0.25, 0.3) is 5.57 Å². The van der Waals surface area contributed by atoms with Gasteiger partial charge in [0.1, 0.15) is 0 Å². The largest absolute Gasteiger partial charge is 0.396 e. The first-order valence-corrected chi connectivity index (χ1v) is 10.5. The van der Waals surface area contributed by atoms with E-state index in [-0.39, 0.29) is 12.6 Å². The van der Waals surface area contributed by atoms with Crippen LogP contribution in [0.4, 0.5) is 4.79 Å². The van der Waals surface area contributed by atoms with Crippen LogP contribution in [0.5, 0.6) is 0 Å². The van der Waals surface area contributed by atoms with Gasteiger partial charge in [-0.2, -0.15) is 5.26 Å². The van der Waals surface area contributed by atoms with E-state index in [0.29, 0.717) is 29.6 Å². The molecule has 0 atom stereocenters. The number of likely N-dealkylation sites (tertiary alicyclic amines) is 2. The van der Waals surface area contributed by atoms with Gasteiger partial charge >= 0.3 is 6.03 Å². The second-order valence-corrected chi connectivity index (χ2v) is 8.10. The smallest absolute Gasteiger partial charge is 0.320 e. The van der Waals surface area contributed by atoms with Crippen molar-refractivity contribution in [2.45, 2.75) is 38.5 Å². The Labute approximate surface area is 172 Å². The highest BCUT2D eigenvalue weighted by Crippen LogP contribution is 2.29. The Morgan fingerprint density at radius 3 is 2.46 bits per heavy atom. The van der Waals surface area contributed by atoms with Crippen molar-refractivity contribution in [3.8, 4) is 6.07 Å². The molecule has 0 saturated carbocycles. The third kappa shape index (κ3) is 5.06. The van der Waals surface area contributed by atoms with Crippen molar-refractivity contribution in [2.75, 3.05) is 32.8 Å². The lowest BCUT2D eigenvalue weighted by Crippen LogP contribution is -2.48. The molecule has 0 bridgehead atoms. The summed E-state index contributed by atoms with van der Waals surface area (Å²) in [7, 11) is 0.